The quantitative estimate of drug-likeness (QED) is 0.290. The summed E-state index contributed by atoms with van der Waals surface area (Å²) in [5.74, 6) is -2.22. The molecule has 2 aliphatic heterocycles. The van der Waals surface area contributed by atoms with Crippen molar-refractivity contribution in [1.29, 1.82) is 0 Å². The number of carbonyl (C=O) groups is 3. The minimum absolute atomic E-state index is 0.0401. The number of rotatable bonds is 9. The van der Waals surface area contributed by atoms with Crippen LogP contribution in [0, 0.1) is 11.3 Å². The van der Waals surface area contributed by atoms with Crippen molar-refractivity contribution in [2.45, 2.75) is 68.0 Å². The first kappa shape index (κ1) is 30.6. The largest absolute Gasteiger partial charge is 0.508 e. The van der Waals surface area contributed by atoms with E-state index >= 15 is 0 Å². The summed E-state index contributed by atoms with van der Waals surface area (Å²) in [4.78, 5) is 38.7. The number of phenolic OH excluding ortho intramolecular Hbond substituents is 1. The van der Waals surface area contributed by atoms with Gasteiger partial charge in [-0.25, -0.2) is 9.59 Å². The number of phenols is 1. The fourth-order valence-electron chi connectivity index (χ4n) is 7.21. The van der Waals surface area contributed by atoms with Gasteiger partial charge in [-0.05, 0) is 49.7 Å². The molecule has 13 heteroatoms. The molecule has 2 aromatic rings. The number of ketones is 1. The van der Waals surface area contributed by atoms with Crippen LogP contribution in [0.4, 0.5) is 0 Å². The smallest absolute Gasteiger partial charge is 0.338 e. The van der Waals surface area contributed by atoms with Crippen LogP contribution in [0.3, 0.4) is 0 Å². The van der Waals surface area contributed by atoms with Crippen LogP contribution in [-0.4, -0.2) is 107 Å². The van der Waals surface area contributed by atoms with Gasteiger partial charge in [0, 0.05) is 19.4 Å². The number of Topliss-reactive ketones (excluding diaryl/α,β-unsaturated/α-hetero) is 1. The van der Waals surface area contributed by atoms with Gasteiger partial charge in [-0.15, -0.1) is 0 Å². The molecule has 0 spiro atoms. The maximum Gasteiger partial charge on any atom is 0.338 e. The predicted molar refractivity (Wildman–Crippen MR) is 146 cm³/mol. The zero-order valence-corrected chi connectivity index (χ0v) is 24.0. The van der Waals surface area contributed by atoms with Gasteiger partial charge in [0.1, 0.15) is 60.4 Å². The molecule has 0 radical (unpaired) electrons. The van der Waals surface area contributed by atoms with Gasteiger partial charge in [-0.3, -0.25) is 4.79 Å². The topological polar surface area (TPSA) is 188 Å². The first-order valence-corrected chi connectivity index (χ1v) is 14.3. The lowest BCUT2D eigenvalue weighted by atomic mass is 9.41. The zero-order chi connectivity index (χ0) is 31.4. The summed E-state index contributed by atoms with van der Waals surface area (Å²) < 4.78 is 35.4. The van der Waals surface area contributed by atoms with E-state index in [-0.39, 0.29) is 36.5 Å². The van der Waals surface area contributed by atoms with Crippen molar-refractivity contribution in [1.82, 2.24) is 0 Å². The first-order chi connectivity index (χ1) is 21.0. The molecule has 0 amide bonds. The molecule has 7 rings (SSSR count). The van der Waals surface area contributed by atoms with Gasteiger partial charge in [0.2, 0.25) is 0 Å². The second-order valence-electron chi connectivity index (χ2n) is 11.9. The van der Waals surface area contributed by atoms with E-state index in [0.717, 1.165) is 0 Å². The number of fused-ring (bicyclic) bond motifs is 1. The molecule has 2 saturated heterocycles. The van der Waals surface area contributed by atoms with Gasteiger partial charge in [-0.2, -0.15) is 0 Å². The number of esters is 2. The molecule has 0 aromatic heterocycles. The van der Waals surface area contributed by atoms with E-state index in [1.807, 2.05) is 0 Å². The number of benzene rings is 2. The van der Waals surface area contributed by atoms with Gasteiger partial charge in [-0.1, -0.05) is 18.2 Å². The summed E-state index contributed by atoms with van der Waals surface area (Å²) in [5, 5.41) is 41.8. The Morgan fingerprint density at radius 1 is 0.932 bits per heavy atom. The summed E-state index contributed by atoms with van der Waals surface area (Å²) in [6.07, 6.45) is -8.96. The average Bonchev–Trinajstić information content (AvgIpc) is 3.09. The molecule has 4 N–H and O–H groups in total. The Balaban J connectivity index is 1.25. The molecule has 4 bridgehead atoms. The van der Waals surface area contributed by atoms with Crippen LogP contribution in [0.5, 0.6) is 5.75 Å². The third kappa shape index (κ3) is 4.53. The summed E-state index contributed by atoms with van der Waals surface area (Å²) in [7, 11) is 1.40. The highest BCUT2D eigenvalue weighted by Crippen LogP contribution is 2.74. The zero-order valence-electron chi connectivity index (χ0n) is 24.0. The summed E-state index contributed by atoms with van der Waals surface area (Å²) in [5.41, 5.74) is -3.55. The van der Waals surface area contributed by atoms with Crippen LogP contribution < -0.4 is 0 Å². The number of hydrogen-bond acceptors (Lipinski definition) is 13. The highest BCUT2D eigenvalue weighted by Gasteiger charge is 2.87. The summed E-state index contributed by atoms with van der Waals surface area (Å²) in [6, 6.07) is 13.6. The Labute approximate surface area is 252 Å². The first-order valence-electron chi connectivity index (χ1n) is 14.3. The maximum atomic E-state index is 13.3. The lowest BCUT2D eigenvalue weighted by molar-refractivity contribution is -0.381. The van der Waals surface area contributed by atoms with Gasteiger partial charge in [0.15, 0.2) is 12.6 Å². The number of methoxy groups -OCH3 is 1. The van der Waals surface area contributed by atoms with E-state index in [0.29, 0.717) is 5.56 Å². The maximum absolute atomic E-state index is 13.3. The van der Waals surface area contributed by atoms with Crippen molar-refractivity contribution in [3.8, 4) is 5.75 Å². The number of ether oxygens (including phenoxy) is 6. The Morgan fingerprint density at radius 2 is 1.59 bits per heavy atom. The molecule has 236 valence electrons. The van der Waals surface area contributed by atoms with E-state index in [2.05, 4.69) is 0 Å². The van der Waals surface area contributed by atoms with Crippen LogP contribution in [-0.2, 0) is 33.2 Å². The Hall–Kier alpha value is -3.43. The van der Waals surface area contributed by atoms with Crippen molar-refractivity contribution in [3.05, 3.63) is 65.7 Å². The highest BCUT2D eigenvalue weighted by atomic mass is 16.8. The number of aliphatic hydroxyl groups excluding tert-OH is 3. The normalized spacial score (nSPS) is 38.9. The highest BCUT2D eigenvalue weighted by molar-refractivity contribution is 5.91. The average molecular weight is 615 g/mol. The summed E-state index contributed by atoms with van der Waals surface area (Å²) in [6.45, 7) is 0.851. The van der Waals surface area contributed by atoms with Gasteiger partial charge < -0.3 is 48.8 Å². The van der Waals surface area contributed by atoms with Gasteiger partial charge >= 0.3 is 11.9 Å². The molecule has 5 aliphatic rings. The number of carbonyl (C=O) groups excluding carboxylic acids is 3. The molecule has 3 aliphatic carbocycles. The van der Waals surface area contributed by atoms with E-state index < -0.39 is 78.1 Å². The Bertz CT molecular complexity index is 1420. The van der Waals surface area contributed by atoms with E-state index in [4.69, 9.17) is 28.4 Å². The number of aliphatic hydroxyl groups is 3. The second kappa shape index (κ2) is 11.2. The van der Waals surface area contributed by atoms with Crippen LogP contribution >= 0.6 is 0 Å². The van der Waals surface area contributed by atoms with Crippen molar-refractivity contribution in [2.24, 2.45) is 11.3 Å². The molecule has 2 aromatic carbocycles. The van der Waals surface area contributed by atoms with Crippen molar-refractivity contribution >= 4 is 17.7 Å². The standard InChI is InChI=1S/C31H34O13/c1-29-13-20(33)19-12-31(29,30(19,28(39-2)44-29)15-41-26(38)16-6-4-3-5-7-16)43-27-24(36)23(35)22(34)21(42-27)14-40-25(37)17-8-10-18(32)11-9-17/h3-11,19,21-24,27-28,32,34-36H,12-15H2,1-2H3/t19-,21+,22+,23-,24+,27-,28-,29-,30-,31-/m0/s1. The van der Waals surface area contributed by atoms with Crippen LogP contribution in [0.2, 0.25) is 0 Å². The minimum Gasteiger partial charge on any atom is -0.508 e. The number of aromatic hydroxyl groups is 1. The van der Waals surface area contributed by atoms with E-state index in [1.165, 1.54) is 31.4 Å². The Kier molecular flexibility index (Phi) is 7.77. The molecule has 3 saturated carbocycles. The number of hydrogen-bond donors (Lipinski definition) is 4. The predicted octanol–water partition coefficient (Wildman–Crippen LogP) is 0.709. The van der Waals surface area contributed by atoms with Gasteiger partial charge in [0.25, 0.3) is 0 Å². The van der Waals surface area contributed by atoms with Crippen LogP contribution in [0.15, 0.2) is 54.6 Å². The van der Waals surface area contributed by atoms with Crippen LogP contribution in [0.25, 0.3) is 0 Å². The molecular formula is C31H34O13. The molecule has 13 nitrogen and oxygen atoms in total. The second-order valence-corrected chi connectivity index (χ2v) is 11.9. The molecule has 2 heterocycles. The van der Waals surface area contributed by atoms with E-state index in [1.54, 1.807) is 37.3 Å². The molecule has 5 fully saturated rings. The third-order valence-electron chi connectivity index (χ3n) is 9.54. The van der Waals surface area contributed by atoms with Crippen LogP contribution in [0.1, 0.15) is 40.5 Å². The monoisotopic (exact) mass is 614 g/mol. The molecule has 10 atom stereocenters. The van der Waals surface area contributed by atoms with Gasteiger partial charge in [0.05, 0.1) is 16.5 Å². The minimum atomic E-state index is -1.75. The lowest BCUT2D eigenvalue weighted by Crippen LogP contribution is -2.80. The Morgan fingerprint density at radius 3 is 2.27 bits per heavy atom. The van der Waals surface area contributed by atoms with E-state index in [9.17, 15) is 34.8 Å². The third-order valence-corrected chi connectivity index (χ3v) is 9.54. The molecule has 44 heavy (non-hydrogen) atoms. The molecule has 0 unspecified atom stereocenters. The van der Waals surface area contributed by atoms with Crippen molar-refractivity contribution < 1.29 is 63.2 Å². The fraction of sp³-hybridized carbons (Fsp3) is 0.516. The lowest BCUT2D eigenvalue weighted by Gasteiger charge is -2.66. The molecular weight excluding hydrogens is 580 g/mol. The summed E-state index contributed by atoms with van der Waals surface area (Å²) >= 11 is 0. The van der Waals surface area contributed by atoms with Crippen molar-refractivity contribution in [2.75, 3.05) is 20.3 Å². The SMILES string of the molecule is CO[C@H]1O[C@@]2(C)CC(=O)[C@@H]3C[C@@]2(O[C@@H]2O[C@H](COC(=O)c4ccc(O)cc4)[C@@H](O)[C@H](O)[C@H]2O)[C@]13COC(=O)c1ccccc1. The van der Waals surface area contributed by atoms with Crippen molar-refractivity contribution in [3.63, 3.8) is 0 Å². The fourth-order valence-corrected chi connectivity index (χ4v) is 7.21.